The topological polar surface area (TPSA) is 97.3 Å². The molecule has 39 heavy (non-hydrogen) atoms. The fraction of sp³-hybridized carbons (Fsp3) is 0.267. The molecule has 1 saturated heterocycles. The fourth-order valence-corrected chi connectivity index (χ4v) is 5.09. The van der Waals surface area contributed by atoms with Crippen LogP contribution in [-0.4, -0.2) is 52.9 Å². The highest BCUT2D eigenvalue weighted by atomic mass is 32.2. The lowest BCUT2D eigenvalue weighted by atomic mass is 10.1. The van der Waals surface area contributed by atoms with Crippen molar-refractivity contribution in [2.24, 2.45) is 4.99 Å². The van der Waals surface area contributed by atoms with E-state index in [0.717, 1.165) is 11.3 Å². The van der Waals surface area contributed by atoms with Gasteiger partial charge in [-0.2, -0.15) is 0 Å². The van der Waals surface area contributed by atoms with Crippen molar-refractivity contribution in [2.75, 3.05) is 25.1 Å². The summed E-state index contributed by atoms with van der Waals surface area (Å²) < 4.78 is 10.5. The Balaban J connectivity index is 1.53. The molecule has 4 rings (SSSR count). The number of thioether (sulfide) groups is 1. The number of ether oxygens (including phenoxy) is 2. The molecule has 0 bridgehead atoms. The monoisotopic (exact) mass is 545 g/mol. The standard InChI is InChI=1S/C30H31N3O5S/c1-3-37-25-16-14-23(15-17-25)31-28(35)26-20-27(34)33(19-18-21-8-6-5-7-9-21)30(39-26)32-24-12-10-22(11-13-24)29(36)38-4-2/h5-17,26H,3-4,18-20H2,1-2H3,(H,31,35). The summed E-state index contributed by atoms with van der Waals surface area (Å²) in [4.78, 5) is 44.8. The zero-order chi connectivity index (χ0) is 27.6. The maximum atomic E-state index is 13.3. The fourth-order valence-electron chi connectivity index (χ4n) is 3.97. The Hall–Kier alpha value is -4.11. The lowest BCUT2D eigenvalue weighted by Crippen LogP contribution is -2.46. The van der Waals surface area contributed by atoms with Crippen LogP contribution in [0.1, 0.15) is 36.2 Å². The number of nitrogens with zero attached hydrogens (tertiary/aromatic N) is 2. The highest BCUT2D eigenvalue weighted by Crippen LogP contribution is 2.30. The molecule has 1 fully saturated rings. The second-order valence-electron chi connectivity index (χ2n) is 8.70. The summed E-state index contributed by atoms with van der Waals surface area (Å²) in [6.07, 6.45) is 0.708. The lowest BCUT2D eigenvalue weighted by Gasteiger charge is -2.32. The molecule has 9 heteroatoms. The van der Waals surface area contributed by atoms with Gasteiger partial charge in [0.1, 0.15) is 11.0 Å². The van der Waals surface area contributed by atoms with E-state index in [1.54, 1.807) is 60.4 Å². The van der Waals surface area contributed by atoms with Crippen LogP contribution in [0, 0.1) is 0 Å². The molecule has 0 spiro atoms. The van der Waals surface area contributed by atoms with Crippen LogP contribution in [-0.2, 0) is 20.7 Å². The third-order valence-electron chi connectivity index (χ3n) is 5.94. The van der Waals surface area contributed by atoms with Crippen molar-refractivity contribution in [2.45, 2.75) is 31.9 Å². The van der Waals surface area contributed by atoms with Gasteiger partial charge < -0.3 is 14.8 Å². The summed E-state index contributed by atoms with van der Waals surface area (Å²) in [6.45, 7) is 4.94. The number of benzene rings is 3. The molecule has 1 aliphatic heterocycles. The largest absolute Gasteiger partial charge is 0.494 e. The van der Waals surface area contributed by atoms with Gasteiger partial charge in [0.2, 0.25) is 11.8 Å². The molecule has 1 heterocycles. The number of carbonyl (C=O) groups excluding carboxylic acids is 3. The minimum absolute atomic E-state index is 0.0587. The first kappa shape index (κ1) is 27.9. The molecule has 1 aliphatic rings. The molecule has 3 aromatic carbocycles. The summed E-state index contributed by atoms with van der Waals surface area (Å²) in [5.74, 6) is -0.131. The summed E-state index contributed by atoms with van der Waals surface area (Å²) in [7, 11) is 0. The summed E-state index contributed by atoms with van der Waals surface area (Å²) in [5.41, 5.74) is 2.71. The van der Waals surface area contributed by atoms with E-state index in [1.165, 1.54) is 11.8 Å². The number of aliphatic imine (C=N–C) groups is 1. The van der Waals surface area contributed by atoms with Crippen molar-refractivity contribution in [3.63, 3.8) is 0 Å². The molecule has 0 aliphatic carbocycles. The maximum Gasteiger partial charge on any atom is 0.338 e. The van der Waals surface area contributed by atoms with Gasteiger partial charge >= 0.3 is 5.97 Å². The van der Waals surface area contributed by atoms with Crippen LogP contribution < -0.4 is 10.1 Å². The zero-order valence-corrected chi connectivity index (χ0v) is 22.8. The second-order valence-corrected chi connectivity index (χ2v) is 9.87. The Morgan fingerprint density at radius 1 is 0.974 bits per heavy atom. The molecule has 3 aromatic rings. The van der Waals surface area contributed by atoms with Gasteiger partial charge in [-0.3, -0.25) is 14.5 Å². The number of nitrogens with one attached hydrogen (secondary N) is 1. The van der Waals surface area contributed by atoms with Crippen LogP contribution in [0.4, 0.5) is 11.4 Å². The zero-order valence-electron chi connectivity index (χ0n) is 22.0. The number of carbonyl (C=O) groups is 3. The first-order valence-corrected chi connectivity index (χ1v) is 13.7. The van der Waals surface area contributed by atoms with Crippen molar-refractivity contribution < 1.29 is 23.9 Å². The third-order valence-corrected chi connectivity index (χ3v) is 7.12. The lowest BCUT2D eigenvalue weighted by molar-refractivity contribution is -0.129. The molecule has 0 saturated carbocycles. The molecular weight excluding hydrogens is 514 g/mol. The molecular formula is C30H31N3O5S. The van der Waals surface area contributed by atoms with E-state index in [0.29, 0.717) is 41.7 Å². The third kappa shape index (κ3) is 7.70. The summed E-state index contributed by atoms with van der Waals surface area (Å²) >= 11 is 1.26. The van der Waals surface area contributed by atoms with Crippen molar-refractivity contribution in [1.29, 1.82) is 0 Å². The summed E-state index contributed by atoms with van der Waals surface area (Å²) in [6, 6.07) is 23.7. The van der Waals surface area contributed by atoms with Crippen molar-refractivity contribution in [3.05, 3.63) is 90.0 Å². The van der Waals surface area contributed by atoms with E-state index < -0.39 is 11.2 Å². The number of hydrogen-bond donors (Lipinski definition) is 1. The van der Waals surface area contributed by atoms with Gasteiger partial charge in [-0.15, -0.1) is 0 Å². The van der Waals surface area contributed by atoms with E-state index in [1.807, 2.05) is 37.3 Å². The quantitative estimate of drug-likeness (QED) is 0.340. The SMILES string of the molecule is CCOC(=O)c1ccc(N=C2SC(C(=O)Nc3ccc(OCC)cc3)CC(=O)N2CCc2ccccc2)cc1. The van der Waals surface area contributed by atoms with Gasteiger partial charge in [0.05, 0.1) is 24.5 Å². The Labute approximate surface area is 232 Å². The molecule has 0 aromatic heterocycles. The van der Waals surface area contributed by atoms with Gasteiger partial charge in [0.15, 0.2) is 5.17 Å². The number of amides is 2. The van der Waals surface area contributed by atoms with Gasteiger partial charge in [0.25, 0.3) is 0 Å². The van der Waals surface area contributed by atoms with Gasteiger partial charge in [-0.25, -0.2) is 9.79 Å². The Morgan fingerprint density at radius 2 is 1.69 bits per heavy atom. The van der Waals surface area contributed by atoms with Gasteiger partial charge in [-0.1, -0.05) is 42.1 Å². The van der Waals surface area contributed by atoms with Crippen LogP contribution in [0.25, 0.3) is 0 Å². The Morgan fingerprint density at radius 3 is 2.36 bits per heavy atom. The van der Waals surface area contributed by atoms with Gasteiger partial charge in [-0.05, 0) is 74.4 Å². The summed E-state index contributed by atoms with van der Waals surface area (Å²) in [5, 5.41) is 2.70. The smallest absolute Gasteiger partial charge is 0.338 e. The minimum Gasteiger partial charge on any atom is -0.494 e. The van der Waals surface area contributed by atoms with Crippen LogP contribution in [0.5, 0.6) is 5.75 Å². The number of anilines is 1. The average molecular weight is 546 g/mol. The van der Waals surface area contributed by atoms with E-state index in [2.05, 4.69) is 5.32 Å². The molecule has 1 unspecified atom stereocenters. The first-order valence-electron chi connectivity index (χ1n) is 12.9. The minimum atomic E-state index is -0.644. The van der Waals surface area contributed by atoms with Crippen LogP contribution in [0.3, 0.4) is 0 Å². The predicted octanol–water partition coefficient (Wildman–Crippen LogP) is 5.47. The molecule has 1 N–H and O–H groups in total. The van der Waals surface area contributed by atoms with E-state index in [4.69, 9.17) is 14.5 Å². The Kier molecular flexibility index (Phi) is 9.74. The first-order chi connectivity index (χ1) is 19.0. The normalized spacial score (nSPS) is 16.2. The number of hydrogen-bond acceptors (Lipinski definition) is 7. The van der Waals surface area contributed by atoms with E-state index in [9.17, 15) is 14.4 Å². The van der Waals surface area contributed by atoms with E-state index >= 15 is 0 Å². The average Bonchev–Trinajstić information content (AvgIpc) is 2.95. The van der Waals surface area contributed by atoms with Crippen molar-refractivity contribution >= 4 is 46.1 Å². The molecule has 8 nitrogen and oxygen atoms in total. The van der Waals surface area contributed by atoms with E-state index in [-0.39, 0.29) is 24.8 Å². The second kappa shape index (κ2) is 13.6. The molecule has 2 amide bonds. The van der Waals surface area contributed by atoms with Crippen LogP contribution >= 0.6 is 11.8 Å². The van der Waals surface area contributed by atoms with Crippen molar-refractivity contribution in [1.82, 2.24) is 4.90 Å². The van der Waals surface area contributed by atoms with Crippen molar-refractivity contribution in [3.8, 4) is 5.75 Å². The van der Waals surface area contributed by atoms with Crippen LogP contribution in [0.2, 0.25) is 0 Å². The molecule has 0 radical (unpaired) electrons. The van der Waals surface area contributed by atoms with Gasteiger partial charge in [0, 0.05) is 18.7 Å². The maximum absolute atomic E-state index is 13.3. The number of rotatable bonds is 10. The molecule has 1 atom stereocenters. The Bertz CT molecular complexity index is 1310. The van der Waals surface area contributed by atoms with Crippen LogP contribution in [0.15, 0.2) is 83.9 Å². The highest BCUT2D eigenvalue weighted by molar-refractivity contribution is 8.15. The number of esters is 1. The predicted molar refractivity (Wildman–Crippen MR) is 154 cm³/mol. The molecule has 202 valence electrons. The number of amidine groups is 1. The highest BCUT2D eigenvalue weighted by Gasteiger charge is 2.35.